The molecule has 1 aromatic carbocycles. The van der Waals surface area contributed by atoms with Gasteiger partial charge in [-0.2, -0.15) is 11.8 Å². The van der Waals surface area contributed by atoms with E-state index in [-0.39, 0.29) is 9.64 Å². The minimum absolute atomic E-state index is 0.0586. The average Bonchev–Trinajstić information content (AvgIpc) is 2.49. The number of anilines is 2. The van der Waals surface area contributed by atoms with Gasteiger partial charge >= 0.3 is 0 Å². The number of rotatable bonds is 2. The summed E-state index contributed by atoms with van der Waals surface area (Å²) in [4.78, 5) is 2.27. The molecule has 4 N–H and O–H groups in total. The molecule has 1 saturated heterocycles. The fourth-order valence-electron chi connectivity index (χ4n) is 2.26. The average molecular weight is 315 g/mol. The van der Waals surface area contributed by atoms with Crippen LogP contribution in [0, 0.1) is 0 Å². The molecule has 112 valence electrons. The monoisotopic (exact) mass is 315 g/mol. The number of nitrogens with two attached hydrogens (primary N) is 2. The maximum Gasteiger partial charge on any atom is 0.238 e. The van der Waals surface area contributed by atoms with Gasteiger partial charge in [0.05, 0.1) is 16.3 Å². The Morgan fingerprint density at radius 1 is 1.30 bits per heavy atom. The highest BCUT2D eigenvalue weighted by Crippen LogP contribution is 2.34. The van der Waals surface area contributed by atoms with E-state index in [0.29, 0.717) is 5.69 Å². The second-order valence-electron chi connectivity index (χ2n) is 5.61. The standard InChI is InChI=1S/C13H21N3O2S2/c1-13(2)5-6-16(7-8-19-13)12-4-3-10(9-11(12)14)20(15,17)18/h3-4,9H,5-8,14H2,1-2H3,(H2,15,17,18). The number of hydrogen-bond acceptors (Lipinski definition) is 5. The van der Waals surface area contributed by atoms with E-state index in [1.54, 1.807) is 6.07 Å². The number of primary sulfonamides is 1. The molecule has 1 aliphatic heterocycles. The number of nitrogen functional groups attached to an aromatic ring is 1. The summed E-state index contributed by atoms with van der Waals surface area (Å²) in [5.41, 5.74) is 7.34. The van der Waals surface area contributed by atoms with Gasteiger partial charge in [0.25, 0.3) is 0 Å². The zero-order chi connectivity index (χ0) is 15.0. The van der Waals surface area contributed by atoms with Crippen molar-refractivity contribution < 1.29 is 8.42 Å². The number of hydrogen-bond donors (Lipinski definition) is 2. The molecule has 0 bridgehead atoms. The van der Waals surface area contributed by atoms with Crippen LogP contribution in [-0.2, 0) is 10.0 Å². The first-order valence-electron chi connectivity index (χ1n) is 6.50. The summed E-state index contributed by atoms with van der Waals surface area (Å²) in [7, 11) is -3.70. The molecule has 2 rings (SSSR count). The Morgan fingerprint density at radius 2 is 2.00 bits per heavy atom. The third kappa shape index (κ3) is 3.59. The second kappa shape index (κ2) is 5.46. The molecule has 20 heavy (non-hydrogen) atoms. The Hall–Kier alpha value is -0.920. The molecule has 0 radical (unpaired) electrons. The molecule has 1 heterocycles. The van der Waals surface area contributed by atoms with Crippen LogP contribution in [0.3, 0.4) is 0 Å². The van der Waals surface area contributed by atoms with Gasteiger partial charge < -0.3 is 10.6 Å². The summed E-state index contributed by atoms with van der Waals surface area (Å²) in [5.74, 6) is 1.03. The first-order chi connectivity index (χ1) is 9.19. The van der Waals surface area contributed by atoms with Gasteiger partial charge in [0.1, 0.15) is 0 Å². The summed E-state index contributed by atoms with van der Waals surface area (Å²) in [6.07, 6.45) is 1.06. The van der Waals surface area contributed by atoms with E-state index in [1.807, 2.05) is 11.8 Å². The molecule has 0 amide bonds. The molecule has 1 aromatic rings. The van der Waals surface area contributed by atoms with Crippen molar-refractivity contribution in [3.63, 3.8) is 0 Å². The number of nitrogens with zero attached hydrogens (tertiary/aromatic N) is 1. The van der Waals surface area contributed by atoms with Gasteiger partial charge in [-0.1, -0.05) is 13.8 Å². The van der Waals surface area contributed by atoms with Crippen molar-refractivity contribution in [1.29, 1.82) is 0 Å². The highest BCUT2D eigenvalue weighted by atomic mass is 32.2. The van der Waals surface area contributed by atoms with Gasteiger partial charge in [-0.3, -0.25) is 0 Å². The van der Waals surface area contributed by atoms with E-state index in [0.717, 1.165) is 31.0 Å². The maximum atomic E-state index is 11.3. The Balaban J connectivity index is 2.25. The predicted octanol–water partition coefficient (Wildman–Crippen LogP) is 1.64. The normalized spacial score (nSPS) is 19.6. The third-order valence-corrected chi connectivity index (χ3v) is 5.79. The lowest BCUT2D eigenvalue weighted by molar-refractivity contribution is 0.598. The molecule has 0 aromatic heterocycles. The van der Waals surface area contributed by atoms with Crippen LogP contribution >= 0.6 is 11.8 Å². The van der Waals surface area contributed by atoms with Gasteiger partial charge in [-0.15, -0.1) is 0 Å². The molecule has 0 spiro atoms. The Labute approximate surface area is 124 Å². The first kappa shape index (κ1) is 15.5. The molecular weight excluding hydrogens is 294 g/mol. The first-order valence-corrected chi connectivity index (χ1v) is 9.03. The van der Waals surface area contributed by atoms with Crippen LogP contribution in [-0.4, -0.2) is 32.0 Å². The molecule has 0 atom stereocenters. The van der Waals surface area contributed by atoms with Crippen molar-refractivity contribution in [2.45, 2.75) is 29.9 Å². The van der Waals surface area contributed by atoms with Crippen molar-refractivity contribution in [3.05, 3.63) is 18.2 Å². The number of thioether (sulfide) groups is 1. The van der Waals surface area contributed by atoms with Gasteiger partial charge in [0.15, 0.2) is 0 Å². The molecule has 1 fully saturated rings. The molecule has 0 unspecified atom stereocenters. The fraction of sp³-hybridized carbons (Fsp3) is 0.538. The Morgan fingerprint density at radius 3 is 2.60 bits per heavy atom. The second-order valence-corrected chi connectivity index (χ2v) is 8.97. The van der Waals surface area contributed by atoms with Crippen LogP contribution in [0.5, 0.6) is 0 Å². The van der Waals surface area contributed by atoms with Crippen LogP contribution in [0.4, 0.5) is 11.4 Å². The lowest BCUT2D eigenvalue weighted by Crippen LogP contribution is -2.27. The molecule has 7 heteroatoms. The third-order valence-electron chi connectivity index (χ3n) is 3.51. The molecule has 0 saturated carbocycles. The summed E-state index contributed by atoms with van der Waals surface area (Å²) >= 11 is 1.95. The van der Waals surface area contributed by atoms with E-state index in [9.17, 15) is 8.42 Å². The van der Waals surface area contributed by atoms with Crippen molar-refractivity contribution in [2.75, 3.05) is 29.5 Å². The van der Waals surface area contributed by atoms with Crippen LogP contribution in [0.25, 0.3) is 0 Å². The number of sulfonamides is 1. The predicted molar refractivity (Wildman–Crippen MR) is 85.6 cm³/mol. The highest BCUT2D eigenvalue weighted by Gasteiger charge is 2.24. The summed E-state index contributed by atoms with van der Waals surface area (Å²) in [5, 5.41) is 5.11. The summed E-state index contributed by atoms with van der Waals surface area (Å²) < 4.78 is 22.9. The fourth-order valence-corrected chi connectivity index (χ4v) is 3.91. The van der Waals surface area contributed by atoms with E-state index >= 15 is 0 Å². The lowest BCUT2D eigenvalue weighted by Gasteiger charge is -2.25. The van der Waals surface area contributed by atoms with Crippen LogP contribution in [0.15, 0.2) is 23.1 Å². The highest BCUT2D eigenvalue weighted by molar-refractivity contribution is 8.00. The van der Waals surface area contributed by atoms with Crippen molar-refractivity contribution in [1.82, 2.24) is 0 Å². The molecule has 0 aliphatic carbocycles. The van der Waals surface area contributed by atoms with Gasteiger partial charge in [-0.25, -0.2) is 13.6 Å². The largest absolute Gasteiger partial charge is 0.397 e. The van der Waals surface area contributed by atoms with Gasteiger partial charge in [-0.05, 0) is 24.6 Å². The zero-order valence-electron chi connectivity index (χ0n) is 11.8. The molecule has 1 aliphatic rings. The summed E-state index contributed by atoms with van der Waals surface area (Å²) in [6.45, 7) is 6.31. The Kier molecular flexibility index (Phi) is 4.22. The SMILES string of the molecule is CC1(C)CCN(c2ccc(S(N)(=O)=O)cc2N)CCS1. The molecular formula is C13H21N3O2S2. The van der Waals surface area contributed by atoms with Crippen molar-refractivity contribution in [3.8, 4) is 0 Å². The Bertz CT molecular complexity index is 600. The van der Waals surface area contributed by atoms with E-state index in [4.69, 9.17) is 10.9 Å². The van der Waals surface area contributed by atoms with Crippen LogP contribution in [0.1, 0.15) is 20.3 Å². The minimum Gasteiger partial charge on any atom is -0.397 e. The van der Waals surface area contributed by atoms with Crippen LogP contribution < -0.4 is 15.8 Å². The van der Waals surface area contributed by atoms with Crippen LogP contribution in [0.2, 0.25) is 0 Å². The van der Waals surface area contributed by atoms with E-state index < -0.39 is 10.0 Å². The molecule has 5 nitrogen and oxygen atoms in total. The lowest BCUT2D eigenvalue weighted by atomic mass is 10.1. The minimum atomic E-state index is -3.70. The number of benzene rings is 1. The van der Waals surface area contributed by atoms with Crippen molar-refractivity contribution >= 4 is 33.2 Å². The van der Waals surface area contributed by atoms with E-state index in [2.05, 4.69) is 18.7 Å². The summed E-state index contributed by atoms with van der Waals surface area (Å²) in [6, 6.07) is 4.70. The van der Waals surface area contributed by atoms with Gasteiger partial charge in [0.2, 0.25) is 10.0 Å². The van der Waals surface area contributed by atoms with Gasteiger partial charge in [0, 0.05) is 23.6 Å². The van der Waals surface area contributed by atoms with Crippen molar-refractivity contribution in [2.24, 2.45) is 5.14 Å². The zero-order valence-corrected chi connectivity index (χ0v) is 13.4. The maximum absolute atomic E-state index is 11.3. The topological polar surface area (TPSA) is 89.4 Å². The van der Waals surface area contributed by atoms with E-state index in [1.165, 1.54) is 12.1 Å². The quantitative estimate of drug-likeness (QED) is 0.810. The smallest absolute Gasteiger partial charge is 0.238 e.